The summed E-state index contributed by atoms with van der Waals surface area (Å²) < 4.78 is 7.63. The van der Waals surface area contributed by atoms with Gasteiger partial charge in [-0.15, -0.1) is 0 Å². The Morgan fingerprint density at radius 3 is 2.73 bits per heavy atom. The summed E-state index contributed by atoms with van der Waals surface area (Å²) in [5.41, 5.74) is 4.30. The highest BCUT2D eigenvalue weighted by atomic mass is 16.5. The Bertz CT molecular complexity index is 699. The maximum Gasteiger partial charge on any atom is 0.255 e. The number of para-hydroxylation sites is 1. The van der Waals surface area contributed by atoms with Crippen molar-refractivity contribution in [3.8, 4) is 5.75 Å². The summed E-state index contributed by atoms with van der Waals surface area (Å²) in [7, 11) is 1.58. The number of ether oxygens (including phenoxy) is 1. The van der Waals surface area contributed by atoms with Gasteiger partial charge in [-0.05, 0) is 50.5 Å². The van der Waals surface area contributed by atoms with Crippen LogP contribution in [0, 0.1) is 13.8 Å². The standard InChI is InChI=1S/C18H22N2O2/c1-12-10-14(13(2)20(12)15-8-9-15)11-19-18(21)16-6-4-5-7-17(16)22-3/h4-7,10,15H,8-9,11H2,1-3H3,(H,19,21). The highest BCUT2D eigenvalue weighted by Gasteiger charge is 2.27. The molecule has 1 aliphatic carbocycles. The number of methoxy groups -OCH3 is 1. The number of hydrogen-bond donors (Lipinski definition) is 1. The highest BCUT2D eigenvalue weighted by molar-refractivity contribution is 5.96. The molecule has 22 heavy (non-hydrogen) atoms. The summed E-state index contributed by atoms with van der Waals surface area (Å²) in [6.07, 6.45) is 2.53. The van der Waals surface area contributed by atoms with Gasteiger partial charge < -0.3 is 14.6 Å². The predicted molar refractivity (Wildman–Crippen MR) is 86.3 cm³/mol. The van der Waals surface area contributed by atoms with Gasteiger partial charge in [0.25, 0.3) is 5.91 Å². The number of carbonyl (C=O) groups excluding carboxylic acids is 1. The van der Waals surface area contributed by atoms with Gasteiger partial charge in [-0.1, -0.05) is 12.1 Å². The number of rotatable bonds is 5. The summed E-state index contributed by atoms with van der Waals surface area (Å²) >= 11 is 0. The van der Waals surface area contributed by atoms with E-state index in [1.165, 1.54) is 29.8 Å². The average molecular weight is 298 g/mol. The lowest BCUT2D eigenvalue weighted by atomic mass is 10.1. The molecule has 1 amide bonds. The van der Waals surface area contributed by atoms with E-state index in [9.17, 15) is 4.79 Å². The predicted octanol–water partition coefficient (Wildman–Crippen LogP) is 3.38. The molecule has 1 aromatic heterocycles. The fraction of sp³-hybridized carbons (Fsp3) is 0.389. The summed E-state index contributed by atoms with van der Waals surface area (Å²) in [6.45, 7) is 4.82. The molecule has 1 aromatic carbocycles. The minimum absolute atomic E-state index is 0.103. The fourth-order valence-electron chi connectivity index (χ4n) is 3.02. The number of hydrogen-bond acceptors (Lipinski definition) is 2. The minimum atomic E-state index is -0.103. The first kappa shape index (κ1) is 14.7. The van der Waals surface area contributed by atoms with Crippen molar-refractivity contribution in [1.29, 1.82) is 0 Å². The molecule has 1 aliphatic rings. The largest absolute Gasteiger partial charge is 0.496 e. The lowest BCUT2D eigenvalue weighted by Gasteiger charge is -2.10. The molecule has 2 aromatic rings. The third kappa shape index (κ3) is 2.73. The zero-order valence-corrected chi connectivity index (χ0v) is 13.3. The molecule has 0 spiro atoms. The minimum Gasteiger partial charge on any atom is -0.496 e. The first-order valence-electron chi connectivity index (χ1n) is 7.70. The van der Waals surface area contributed by atoms with E-state index in [1.54, 1.807) is 19.2 Å². The van der Waals surface area contributed by atoms with Gasteiger partial charge >= 0.3 is 0 Å². The first-order valence-corrected chi connectivity index (χ1v) is 7.70. The average Bonchev–Trinajstić information content (AvgIpc) is 3.31. The quantitative estimate of drug-likeness (QED) is 0.919. The van der Waals surface area contributed by atoms with Crippen LogP contribution in [0.15, 0.2) is 30.3 Å². The van der Waals surface area contributed by atoms with Crippen molar-refractivity contribution in [2.24, 2.45) is 0 Å². The zero-order chi connectivity index (χ0) is 15.7. The van der Waals surface area contributed by atoms with Crippen molar-refractivity contribution >= 4 is 5.91 Å². The molecule has 0 radical (unpaired) electrons. The summed E-state index contributed by atoms with van der Waals surface area (Å²) in [6, 6.07) is 10.1. The van der Waals surface area contributed by atoms with E-state index in [0.29, 0.717) is 23.9 Å². The third-order valence-electron chi connectivity index (χ3n) is 4.29. The molecule has 0 unspecified atom stereocenters. The summed E-state index contributed by atoms with van der Waals surface area (Å²) in [5, 5.41) is 3.00. The lowest BCUT2D eigenvalue weighted by Crippen LogP contribution is -2.23. The van der Waals surface area contributed by atoms with Gasteiger partial charge in [-0.2, -0.15) is 0 Å². The van der Waals surface area contributed by atoms with Crippen LogP contribution < -0.4 is 10.1 Å². The number of nitrogens with one attached hydrogen (secondary N) is 1. The van der Waals surface area contributed by atoms with E-state index in [1.807, 2.05) is 12.1 Å². The second kappa shape index (κ2) is 5.87. The smallest absolute Gasteiger partial charge is 0.255 e. The van der Waals surface area contributed by atoms with Crippen molar-refractivity contribution in [2.45, 2.75) is 39.3 Å². The molecule has 1 fully saturated rings. The van der Waals surface area contributed by atoms with Crippen molar-refractivity contribution in [3.05, 3.63) is 52.8 Å². The summed E-state index contributed by atoms with van der Waals surface area (Å²) in [5.74, 6) is 0.497. The molecule has 1 N–H and O–H groups in total. The molecule has 4 heteroatoms. The van der Waals surface area contributed by atoms with E-state index in [2.05, 4.69) is 29.8 Å². The molecule has 0 atom stereocenters. The molecular weight excluding hydrogens is 276 g/mol. The Hall–Kier alpha value is -2.23. The SMILES string of the molecule is COc1ccccc1C(=O)NCc1cc(C)n(C2CC2)c1C. The lowest BCUT2D eigenvalue weighted by molar-refractivity contribution is 0.0948. The van der Waals surface area contributed by atoms with Gasteiger partial charge in [0.15, 0.2) is 0 Å². The molecule has 0 bridgehead atoms. The van der Waals surface area contributed by atoms with Crippen LogP contribution in [-0.4, -0.2) is 17.6 Å². The number of benzene rings is 1. The zero-order valence-electron chi connectivity index (χ0n) is 13.3. The van der Waals surface area contributed by atoms with Crippen LogP contribution >= 0.6 is 0 Å². The third-order valence-corrected chi connectivity index (χ3v) is 4.29. The van der Waals surface area contributed by atoms with Gasteiger partial charge in [-0.3, -0.25) is 4.79 Å². The van der Waals surface area contributed by atoms with Crippen LogP contribution in [0.25, 0.3) is 0 Å². The van der Waals surface area contributed by atoms with E-state index >= 15 is 0 Å². The Kier molecular flexibility index (Phi) is 3.92. The number of carbonyl (C=O) groups is 1. The number of amides is 1. The number of nitrogens with zero attached hydrogens (tertiary/aromatic N) is 1. The van der Waals surface area contributed by atoms with Crippen LogP contribution in [0.4, 0.5) is 0 Å². The molecule has 0 aliphatic heterocycles. The van der Waals surface area contributed by atoms with Crippen LogP contribution in [0.1, 0.15) is 46.2 Å². The first-order chi connectivity index (χ1) is 10.6. The van der Waals surface area contributed by atoms with E-state index in [-0.39, 0.29) is 5.91 Å². The Labute approximate surface area is 131 Å². The van der Waals surface area contributed by atoms with Gasteiger partial charge in [0.05, 0.1) is 12.7 Å². The molecule has 1 saturated carbocycles. The normalized spacial score (nSPS) is 14.0. The van der Waals surface area contributed by atoms with Crippen molar-refractivity contribution in [2.75, 3.05) is 7.11 Å². The van der Waals surface area contributed by atoms with E-state index < -0.39 is 0 Å². The van der Waals surface area contributed by atoms with Gasteiger partial charge in [0.2, 0.25) is 0 Å². The maximum atomic E-state index is 12.3. The fourth-order valence-corrected chi connectivity index (χ4v) is 3.02. The molecule has 0 saturated heterocycles. The van der Waals surface area contributed by atoms with Crippen LogP contribution in [0.5, 0.6) is 5.75 Å². The van der Waals surface area contributed by atoms with E-state index in [0.717, 1.165) is 0 Å². The Morgan fingerprint density at radius 1 is 1.32 bits per heavy atom. The second-order valence-electron chi connectivity index (χ2n) is 5.88. The molecule has 1 heterocycles. The topological polar surface area (TPSA) is 43.3 Å². The second-order valence-corrected chi connectivity index (χ2v) is 5.88. The molecule has 3 rings (SSSR count). The van der Waals surface area contributed by atoms with Crippen molar-refractivity contribution < 1.29 is 9.53 Å². The number of aryl methyl sites for hydroxylation is 1. The van der Waals surface area contributed by atoms with E-state index in [4.69, 9.17) is 4.74 Å². The van der Waals surface area contributed by atoms with Crippen LogP contribution in [-0.2, 0) is 6.54 Å². The highest BCUT2D eigenvalue weighted by Crippen LogP contribution is 2.38. The molecule has 4 nitrogen and oxygen atoms in total. The van der Waals surface area contributed by atoms with Crippen molar-refractivity contribution in [3.63, 3.8) is 0 Å². The van der Waals surface area contributed by atoms with Crippen molar-refractivity contribution in [1.82, 2.24) is 9.88 Å². The maximum absolute atomic E-state index is 12.3. The van der Waals surface area contributed by atoms with Crippen LogP contribution in [0.3, 0.4) is 0 Å². The number of aromatic nitrogens is 1. The Morgan fingerprint density at radius 2 is 2.05 bits per heavy atom. The molecule has 116 valence electrons. The Balaban J connectivity index is 1.72. The van der Waals surface area contributed by atoms with Gasteiger partial charge in [-0.25, -0.2) is 0 Å². The van der Waals surface area contributed by atoms with Gasteiger partial charge in [0, 0.05) is 24.0 Å². The summed E-state index contributed by atoms with van der Waals surface area (Å²) in [4.78, 5) is 12.3. The van der Waals surface area contributed by atoms with Gasteiger partial charge in [0.1, 0.15) is 5.75 Å². The monoisotopic (exact) mass is 298 g/mol. The van der Waals surface area contributed by atoms with Crippen LogP contribution in [0.2, 0.25) is 0 Å². The molecular formula is C18H22N2O2.